The van der Waals surface area contributed by atoms with Crippen molar-refractivity contribution in [3.63, 3.8) is 0 Å². The van der Waals surface area contributed by atoms with E-state index in [9.17, 15) is 4.79 Å². The van der Waals surface area contributed by atoms with Gasteiger partial charge in [-0.25, -0.2) is 5.43 Å². The fourth-order valence-electron chi connectivity index (χ4n) is 2.27. The molecule has 1 aromatic rings. The molecule has 1 aromatic carbocycles. The quantitative estimate of drug-likeness (QED) is 0.561. The Labute approximate surface area is 149 Å². The van der Waals surface area contributed by atoms with Crippen molar-refractivity contribution in [2.45, 2.75) is 26.1 Å². The SMILES string of the molecule is CCOc1c(Br)cc(C=NNC(=O)CC2(C)OCCO2)cc1OC. The molecule has 7 nitrogen and oxygen atoms in total. The Balaban J connectivity index is 1.98. The van der Waals surface area contributed by atoms with Gasteiger partial charge >= 0.3 is 0 Å². The van der Waals surface area contributed by atoms with Crippen molar-refractivity contribution in [2.24, 2.45) is 5.10 Å². The molecule has 0 saturated carbocycles. The number of nitrogens with one attached hydrogen (secondary N) is 1. The summed E-state index contributed by atoms with van der Waals surface area (Å²) >= 11 is 3.44. The topological polar surface area (TPSA) is 78.4 Å². The number of rotatable bonds is 7. The highest BCUT2D eigenvalue weighted by atomic mass is 79.9. The zero-order valence-corrected chi connectivity index (χ0v) is 15.5. The molecule has 0 unspecified atom stereocenters. The molecule has 0 bridgehead atoms. The van der Waals surface area contributed by atoms with Gasteiger partial charge in [0.1, 0.15) is 0 Å². The van der Waals surface area contributed by atoms with Crippen molar-refractivity contribution in [3.05, 3.63) is 22.2 Å². The number of hydrogen-bond donors (Lipinski definition) is 1. The molecule has 0 aliphatic carbocycles. The molecular weight excluding hydrogens is 380 g/mol. The minimum Gasteiger partial charge on any atom is -0.493 e. The second-order valence-electron chi connectivity index (χ2n) is 5.27. The molecule has 24 heavy (non-hydrogen) atoms. The molecular formula is C16H21BrN2O5. The summed E-state index contributed by atoms with van der Waals surface area (Å²) in [5.74, 6) is 0.0573. The molecule has 1 saturated heterocycles. The Bertz CT molecular complexity index is 615. The molecule has 1 fully saturated rings. The third kappa shape index (κ3) is 4.93. The lowest BCUT2D eigenvalue weighted by Gasteiger charge is -2.20. The minimum atomic E-state index is -0.870. The first-order chi connectivity index (χ1) is 11.5. The van der Waals surface area contributed by atoms with Crippen LogP contribution in [0.1, 0.15) is 25.8 Å². The summed E-state index contributed by atoms with van der Waals surface area (Å²) in [6.45, 7) is 5.15. The highest BCUT2D eigenvalue weighted by Gasteiger charge is 2.33. The number of halogens is 1. The molecule has 1 amide bonds. The van der Waals surface area contributed by atoms with Crippen LogP contribution in [0.5, 0.6) is 11.5 Å². The van der Waals surface area contributed by atoms with Crippen LogP contribution in [0.25, 0.3) is 0 Å². The van der Waals surface area contributed by atoms with E-state index in [4.69, 9.17) is 18.9 Å². The van der Waals surface area contributed by atoms with Gasteiger partial charge in [-0.1, -0.05) is 0 Å². The van der Waals surface area contributed by atoms with Gasteiger partial charge in [0.05, 0.1) is 44.0 Å². The van der Waals surface area contributed by atoms with Crippen LogP contribution in [0.2, 0.25) is 0 Å². The normalized spacial score (nSPS) is 16.3. The maximum absolute atomic E-state index is 11.9. The van der Waals surface area contributed by atoms with Crippen LogP contribution in [0.3, 0.4) is 0 Å². The predicted octanol–water partition coefficient (Wildman–Crippen LogP) is 2.46. The molecule has 0 aromatic heterocycles. The van der Waals surface area contributed by atoms with Crippen molar-refractivity contribution >= 4 is 28.1 Å². The summed E-state index contributed by atoms with van der Waals surface area (Å²) in [6, 6.07) is 3.60. The Morgan fingerprint density at radius 2 is 2.17 bits per heavy atom. The van der Waals surface area contributed by atoms with Crippen LogP contribution in [0, 0.1) is 0 Å². The molecule has 132 valence electrons. The molecule has 0 spiro atoms. The van der Waals surface area contributed by atoms with Gasteiger partial charge in [0.15, 0.2) is 17.3 Å². The molecule has 8 heteroatoms. The van der Waals surface area contributed by atoms with Gasteiger partial charge < -0.3 is 18.9 Å². The average molecular weight is 401 g/mol. The predicted molar refractivity (Wildman–Crippen MR) is 92.5 cm³/mol. The lowest BCUT2D eigenvalue weighted by Crippen LogP contribution is -2.33. The molecule has 1 heterocycles. The number of nitrogens with zero attached hydrogens (tertiary/aromatic N) is 1. The van der Waals surface area contributed by atoms with E-state index >= 15 is 0 Å². The summed E-state index contributed by atoms with van der Waals surface area (Å²) in [5.41, 5.74) is 3.21. The summed E-state index contributed by atoms with van der Waals surface area (Å²) in [7, 11) is 1.56. The summed E-state index contributed by atoms with van der Waals surface area (Å²) in [5, 5.41) is 3.95. The van der Waals surface area contributed by atoms with Crippen LogP contribution in [0.4, 0.5) is 0 Å². The number of hydrogen-bond acceptors (Lipinski definition) is 6. The smallest absolute Gasteiger partial charge is 0.245 e. The van der Waals surface area contributed by atoms with E-state index in [1.165, 1.54) is 6.21 Å². The first kappa shape index (κ1) is 18.7. The van der Waals surface area contributed by atoms with Crippen LogP contribution in [-0.2, 0) is 14.3 Å². The average Bonchev–Trinajstić information content (AvgIpc) is 2.95. The van der Waals surface area contributed by atoms with Gasteiger partial charge in [-0.05, 0) is 47.5 Å². The van der Waals surface area contributed by atoms with Crippen LogP contribution >= 0.6 is 15.9 Å². The van der Waals surface area contributed by atoms with Crippen molar-refractivity contribution < 1.29 is 23.7 Å². The zero-order valence-electron chi connectivity index (χ0n) is 13.9. The van der Waals surface area contributed by atoms with Gasteiger partial charge in [0, 0.05) is 0 Å². The third-order valence-corrected chi connectivity index (χ3v) is 3.91. The molecule has 0 radical (unpaired) electrons. The van der Waals surface area contributed by atoms with Gasteiger partial charge in [-0.15, -0.1) is 0 Å². The van der Waals surface area contributed by atoms with Crippen LogP contribution in [-0.4, -0.2) is 44.8 Å². The number of hydrazone groups is 1. The highest BCUT2D eigenvalue weighted by molar-refractivity contribution is 9.10. The zero-order chi connectivity index (χ0) is 17.6. The fraction of sp³-hybridized carbons (Fsp3) is 0.500. The lowest BCUT2D eigenvalue weighted by atomic mass is 10.2. The van der Waals surface area contributed by atoms with Crippen LogP contribution in [0.15, 0.2) is 21.7 Å². The number of ether oxygens (including phenoxy) is 4. The Kier molecular flexibility index (Phi) is 6.59. The number of methoxy groups -OCH3 is 1. The van der Waals surface area contributed by atoms with E-state index in [-0.39, 0.29) is 12.3 Å². The molecule has 2 rings (SSSR count). The van der Waals surface area contributed by atoms with Gasteiger partial charge in [-0.2, -0.15) is 5.10 Å². The first-order valence-corrected chi connectivity index (χ1v) is 8.37. The monoisotopic (exact) mass is 400 g/mol. The van der Waals surface area contributed by atoms with Gasteiger partial charge in [-0.3, -0.25) is 4.79 Å². The standard InChI is InChI=1S/C16H21BrN2O5/c1-4-22-15-12(17)7-11(8-13(15)21-3)10-18-19-14(20)9-16(2)23-5-6-24-16/h7-8,10H,4-6,9H2,1-3H3,(H,19,20). The third-order valence-electron chi connectivity index (χ3n) is 3.32. The summed E-state index contributed by atoms with van der Waals surface area (Å²) in [4.78, 5) is 11.9. The second kappa shape index (κ2) is 8.46. The molecule has 1 N–H and O–H groups in total. The van der Waals surface area contributed by atoms with Crippen molar-refractivity contribution in [1.29, 1.82) is 0 Å². The molecule has 1 aliphatic heterocycles. The highest BCUT2D eigenvalue weighted by Crippen LogP contribution is 2.36. The van der Waals surface area contributed by atoms with Crippen molar-refractivity contribution in [2.75, 3.05) is 26.9 Å². The molecule has 0 atom stereocenters. The summed E-state index contributed by atoms with van der Waals surface area (Å²) < 4.78 is 22.4. The first-order valence-electron chi connectivity index (χ1n) is 7.57. The van der Waals surface area contributed by atoms with Crippen molar-refractivity contribution in [3.8, 4) is 11.5 Å². The molecule has 1 aliphatic rings. The van der Waals surface area contributed by atoms with Gasteiger partial charge in [0.25, 0.3) is 0 Å². The fourth-order valence-corrected chi connectivity index (χ4v) is 2.84. The Hall–Kier alpha value is -1.64. The number of amides is 1. The number of carbonyl (C=O) groups excluding carboxylic acids is 1. The van der Waals surface area contributed by atoms with E-state index in [2.05, 4.69) is 26.5 Å². The Morgan fingerprint density at radius 1 is 1.46 bits per heavy atom. The maximum Gasteiger partial charge on any atom is 0.245 e. The number of carbonyl (C=O) groups is 1. The lowest BCUT2D eigenvalue weighted by molar-refractivity contribution is -0.159. The van der Waals surface area contributed by atoms with E-state index in [1.54, 1.807) is 20.1 Å². The van der Waals surface area contributed by atoms with E-state index in [1.807, 2.05) is 13.0 Å². The largest absolute Gasteiger partial charge is 0.493 e. The van der Waals surface area contributed by atoms with E-state index in [0.717, 1.165) is 10.0 Å². The second-order valence-corrected chi connectivity index (χ2v) is 6.12. The summed E-state index contributed by atoms with van der Waals surface area (Å²) in [6.07, 6.45) is 1.61. The maximum atomic E-state index is 11.9. The van der Waals surface area contributed by atoms with Crippen LogP contribution < -0.4 is 14.9 Å². The number of benzene rings is 1. The van der Waals surface area contributed by atoms with E-state index < -0.39 is 5.79 Å². The minimum absolute atomic E-state index is 0.0840. The van der Waals surface area contributed by atoms with Crippen molar-refractivity contribution in [1.82, 2.24) is 5.43 Å². The Morgan fingerprint density at radius 3 is 2.79 bits per heavy atom. The van der Waals surface area contributed by atoms with Gasteiger partial charge in [0.2, 0.25) is 5.91 Å². The van der Waals surface area contributed by atoms with E-state index in [0.29, 0.717) is 31.3 Å².